The van der Waals surface area contributed by atoms with E-state index in [1.165, 1.54) is 0 Å². The van der Waals surface area contributed by atoms with E-state index in [1.807, 2.05) is 19.1 Å². The molecule has 0 atom stereocenters. The number of rotatable bonds is 4. The van der Waals surface area contributed by atoms with Gasteiger partial charge in [0.1, 0.15) is 0 Å². The van der Waals surface area contributed by atoms with Crippen molar-refractivity contribution in [3.63, 3.8) is 0 Å². The highest BCUT2D eigenvalue weighted by Gasteiger charge is 2.34. The van der Waals surface area contributed by atoms with Crippen molar-refractivity contribution in [2.45, 2.75) is 38.2 Å². The van der Waals surface area contributed by atoms with Crippen LogP contribution in [0.3, 0.4) is 0 Å². The molecule has 1 amide bonds. The molecule has 0 radical (unpaired) electrons. The van der Waals surface area contributed by atoms with Crippen LogP contribution in [0.5, 0.6) is 0 Å². The van der Waals surface area contributed by atoms with E-state index < -0.39 is 5.60 Å². The number of carbonyl (C=O) groups excluding carboxylic acids is 1. The average molecular weight is 314 g/mol. The summed E-state index contributed by atoms with van der Waals surface area (Å²) in [7, 11) is 1.74. The third-order valence-electron chi connectivity index (χ3n) is 4.56. The predicted molar refractivity (Wildman–Crippen MR) is 86.5 cm³/mol. The molecule has 2 heterocycles. The molecule has 6 nitrogen and oxygen atoms in total. The standard InChI is InChI=1S/C17H22N4O2/c1-13-15(11-19-21(13)14-5-9-18-10-6-14)16(22)20(2)12-17(23)7-3-4-8-17/h5-6,9-11,23H,3-4,7-8,12H2,1-2H3. The first-order valence-corrected chi connectivity index (χ1v) is 7.93. The third kappa shape index (κ3) is 3.12. The van der Waals surface area contributed by atoms with Crippen molar-refractivity contribution in [3.05, 3.63) is 42.0 Å². The molecule has 122 valence electrons. The lowest BCUT2D eigenvalue weighted by molar-refractivity contribution is 0.0156. The highest BCUT2D eigenvalue weighted by Crippen LogP contribution is 2.30. The number of nitrogens with zero attached hydrogens (tertiary/aromatic N) is 4. The van der Waals surface area contributed by atoms with E-state index in [0.29, 0.717) is 12.1 Å². The molecular formula is C17H22N4O2. The van der Waals surface area contributed by atoms with Gasteiger partial charge in [0.15, 0.2) is 0 Å². The maximum atomic E-state index is 12.7. The number of aromatic nitrogens is 3. The van der Waals surface area contributed by atoms with E-state index in [-0.39, 0.29) is 5.91 Å². The Hall–Kier alpha value is -2.21. The molecule has 1 N–H and O–H groups in total. The van der Waals surface area contributed by atoms with E-state index in [2.05, 4.69) is 10.1 Å². The summed E-state index contributed by atoms with van der Waals surface area (Å²) in [6.07, 6.45) is 8.56. The van der Waals surface area contributed by atoms with Crippen LogP contribution >= 0.6 is 0 Å². The molecule has 2 aromatic rings. The fourth-order valence-electron chi connectivity index (χ4n) is 3.28. The first kappa shape index (κ1) is 15.7. The quantitative estimate of drug-likeness (QED) is 0.936. The van der Waals surface area contributed by atoms with Gasteiger partial charge in [-0.3, -0.25) is 9.78 Å². The van der Waals surface area contributed by atoms with E-state index in [4.69, 9.17) is 0 Å². The molecular weight excluding hydrogens is 292 g/mol. The number of amides is 1. The minimum atomic E-state index is -0.737. The Kier molecular flexibility index (Phi) is 4.17. The molecule has 23 heavy (non-hydrogen) atoms. The first-order valence-electron chi connectivity index (χ1n) is 7.93. The Bertz CT molecular complexity index is 690. The zero-order chi connectivity index (χ0) is 16.4. The van der Waals surface area contributed by atoms with Crippen molar-refractivity contribution in [2.75, 3.05) is 13.6 Å². The van der Waals surface area contributed by atoms with E-state index in [0.717, 1.165) is 37.1 Å². The Labute approximate surface area is 135 Å². The van der Waals surface area contributed by atoms with Crippen LogP contribution in [-0.4, -0.2) is 49.9 Å². The second-order valence-corrected chi connectivity index (χ2v) is 6.35. The van der Waals surface area contributed by atoms with Crippen molar-refractivity contribution in [3.8, 4) is 5.69 Å². The predicted octanol–water partition coefficient (Wildman–Crippen LogP) is 1.95. The third-order valence-corrected chi connectivity index (χ3v) is 4.56. The van der Waals surface area contributed by atoms with Crippen molar-refractivity contribution in [1.29, 1.82) is 0 Å². The van der Waals surface area contributed by atoms with Crippen molar-refractivity contribution in [1.82, 2.24) is 19.7 Å². The number of pyridine rings is 1. The van der Waals surface area contributed by atoms with Crippen LogP contribution in [0.4, 0.5) is 0 Å². The van der Waals surface area contributed by atoms with Gasteiger partial charge in [-0.05, 0) is 31.9 Å². The van der Waals surface area contributed by atoms with Gasteiger partial charge < -0.3 is 10.0 Å². The highest BCUT2D eigenvalue weighted by molar-refractivity contribution is 5.95. The molecule has 1 saturated carbocycles. The summed E-state index contributed by atoms with van der Waals surface area (Å²) in [5, 5.41) is 14.8. The first-order chi connectivity index (χ1) is 11.0. The molecule has 0 saturated heterocycles. The fourth-order valence-corrected chi connectivity index (χ4v) is 3.28. The topological polar surface area (TPSA) is 71.2 Å². The van der Waals surface area contributed by atoms with Gasteiger partial charge in [-0.2, -0.15) is 5.10 Å². The molecule has 1 aliphatic rings. The smallest absolute Gasteiger partial charge is 0.257 e. The van der Waals surface area contributed by atoms with E-state index in [9.17, 15) is 9.90 Å². The summed E-state index contributed by atoms with van der Waals surface area (Å²) in [4.78, 5) is 18.3. The lowest BCUT2D eigenvalue weighted by atomic mass is 10.0. The molecule has 1 aliphatic carbocycles. The largest absolute Gasteiger partial charge is 0.388 e. The number of aliphatic hydroxyl groups is 1. The monoisotopic (exact) mass is 314 g/mol. The highest BCUT2D eigenvalue weighted by atomic mass is 16.3. The van der Waals surface area contributed by atoms with Gasteiger partial charge in [-0.15, -0.1) is 0 Å². The van der Waals surface area contributed by atoms with Crippen molar-refractivity contribution < 1.29 is 9.90 Å². The number of hydrogen-bond acceptors (Lipinski definition) is 4. The van der Waals surface area contributed by atoms with Gasteiger partial charge in [-0.1, -0.05) is 12.8 Å². The second-order valence-electron chi connectivity index (χ2n) is 6.35. The van der Waals surface area contributed by atoms with Crippen LogP contribution in [-0.2, 0) is 0 Å². The van der Waals surface area contributed by atoms with E-state index in [1.54, 1.807) is 35.2 Å². The average Bonchev–Trinajstić information content (AvgIpc) is 3.13. The lowest BCUT2D eigenvalue weighted by Crippen LogP contribution is -2.42. The minimum absolute atomic E-state index is 0.108. The molecule has 3 rings (SSSR count). The SMILES string of the molecule is Cc1c(C(=O)N(C)CC2(O)CCCC2)cnn1-c1ccncc1. The summed E-state index contributed by atoms with van der Waals surface area (Å²) in [6.45, 7) is 2.24. The summed E-state index contributed by atoms with van der Waals surface area (Å²) in [5.41, 5.74) is 1.48. The van der Waals surface area contributed by atoms with Crippen molar-refractivity contribution in [2.24, 2.45) is 0 Å². The van der Waals surface area contributed by atoms with Crippen LogP contribution < -0.4 is 0 Å². The van der Waals surface area contributed by atoms with Crippen LogP contribution in [0.1, 0.15) is 41.7 Å². The van der Waals surface area contributed by atoms with Crippen LogP contribution in [0, 0.1) is 6.92 Å². The molecule has 0 spiro atoms. The number of likely N-dealkylation sites (N-methyl/N-ethyl adjacent to an activating group) is 1. The van der Waals surface area contributed by atoms with E-state index >= 15 is 0 Å². The van der Waals surface area contributed by atoms with Crippen LogP contribution in [0.15, 0.2) is 30.7 Å². The van der Waals surface area contributed by atoms with Crippen LogP contribution in [0.2, 0.25) is 0 Å². The molecule has 0 unspecified atom stereocenters. The Morgan fingerprint density at radius 2 is 2.00 bits per heavy atom. The molecule has 0 aliphatic heterocycles. The maximum absolute atomic E-state index is 12.7. The Morgan fingerprint density at radius 1 is 1.35 bits per heavy atom. The van der Waals surface area contributed by atoms with Gasteiger partial charge in [-0.25, -0.2) is 4.68 Å². The zero-order valence-corrected chi connectivity index (χ0v) is 13.6. The zero-order valence-electron chi connectivity index (χ0n) is 13.6. The summed E-state index contributed by atoms with van der Waals surface area (Å²) >= 11 is 0. The van der Waals surface area contributed by atoms with Gasteiger partial charge in [0.05, 0.1) is 28.7 Å². The Balaban J connectivity index is 1.79. The maximum Gasteiger partial charge on any atom is 0.257 e. The minimum Gasteiger partial charge on any atom is -0.388 e. The molecule has 2 aromatic heterocycles. The summed E-state index contributed by atoms with van der Waals surface area (Å²) < 4.78 is 1.73. The lowest BCUT2D eigenvalue weighted by Gasteiger charge is -2.28. The van der Waals surface area contributed by atoms with Gasteiger partial charge in [0.25, 0.3) is 5.91 Å². The molecule has 6 heteroatoms. The number of hydrogen-bond donors (Lipinski definition) is 1. The second kappa shape index (κ2) is 6.12. The molecule has 0 aromatic carbocycles. The number of carbonyl (C=O) groups is 1. The van der Waals surface area contributed by atoms with Gasteiger partial charge in [0, 0.05) is 26.0 Å². The normalized spacial score (nSPS) is 16.5. The van der Waals surface area contributed by atoms with Gasteiger partial charge in [0.2, 0.25) is 0 Å². The van der Waals surface area contributed by atoms with Crippen molar-refractivity contribution >= 4 is 5.91 Å². The molecule has 1 fully saturated rings. The van der Waals surface area contributed by atoms with Gasteiger partial charge >= 0.3 is 0 Å². The summed E-state index contributed by atoms with van der Waals surface area (Å²) in [6, 6.07) is 3.69. The Morgan fingerprint density at radius 3 is 2.65 bits per heavy atom. The summed E-state index contributed by atoms with van der Waals surface area (Å²) in [5.74, 6) is -0.108. The fraction of sp³-hybridized carbons (Fsp3) is 0.471. The molecule has 0 bridgehead atoms. The van der Waals surface area contributed by atoms with Crippen LogP contribution in [0.25, 0.3) is 5.69 Å².